The molecule has 1 fully saturated rings. The molecule has 1 N–H and O–H groups in total. The van der Waals surface area contributed by atoms with Crippen LogP contribution in [0.4, 0.5) is 5.69 Å². The predicted octanol–water partition coefficient (Wildman–Crippen LogP) is 3.01. The Balaban J connectivity index is 1.77. The molecule has 2 rings (SSSR count). The molecule has 0 radical (unpaired) electrons. The van der Waals surface area contributed by atoms with Crippen LogP contribution in [0, 0.1) is 10.1 Å². The Morgan fingerprint density at radius 2 is 2.16 bits per heavy atom. The summed E-state index contributed by atoms with van der Waals surface area (Å²) in [5.74, 6) is 1.28. The molecule has 19 heavy (non-hydrogen) atoms. The summed E-state index contributed by atoms with van der Waals surface area (Å²) in [7, 11) is 0. The molecule has 4 nitrogen and oxygen atoms in total. The van der Waals surface area contributed by atoms with Crippen LogP contribution in [0.25, 0.3) is 0 Å². The van der Waals surface area contributed by atoms with Crippen molar-refractivity contribution in [3.05, 3.63) is 39.9 Å². The smallest absolute Gasteiger partial charge is 0.269 e. The molecule has 104 valence electrons. The van der Waals surface area contributed by atoms with Crippen molar-refractivity contribution in [2.24, 2.45) is 0 Å². The fraction of sp³-hybridized carbons (Fsp3) is 0.571. The maximum atomic E-state index is 10.6. The van der Waals surface area contributed by atoms with Crippen molar-refractivity contribution >= 4 is 17.4 Å². The lowest BCUT2D eigenvalue weighted by Crippen LogP contribution is -2.40. The molecule has 0 aliphatic carbocycles. The number of hydrogen-bond donors (Lipinski definition) is 1. The Kier molecular flexibility index (Phi) is 5.22. The lowest BCUT2D eigenvalue weighted by atomic mass is 10.1. The molecule has 0 aromatic heterocycles. The third kappa shape index (κ3) is 4.21. The summed E-state index contributed by atoms with van der Waals surface area (Å²) >= 11 is 2.04. The molecule has 0 saturated carbocycles. The molecular formula is C14H20N2O2S. The van der Waals surface area contributed by atoms with E-state index in [1.807, 2.05) is 23.9 Å². The van der Waals surface area contributed by atoms with E-state index < -0.39 is 0 Å². The molecule has 0 amide bonds. The van der Waals surface area contributed by atoms with E-state index in [0.29, 0.717) is 11.3 Å². The van der Waals surface area contributed by atoms with Crippen molar-refractivity contribution in [1.29, 1.82) is 0 Å². The zero-order valence-electron chi connectivity index (χ0n) is 11.2. The van der Waals surface area contributed by atoms with Crippen molar-refractivity contribution in [1.82, 2.24) is 5.32 Å². The monoisotopic (exact) mass is 280 g/mol. The van der Waals surface area contributed by atoms with Gasteiger partial charge in [0.05, 0.1) is 4.92 Å². The predicted molar refractivity (Wildman–Crippen MR) is 79.7 cm³/mol. The van der Waals surface area contributed by atoms with Gasteiger partial charge in [-0.15, -0.1) is 0 Å². The maximum absolute atomic E-state index is 10.6. The van der Waals surface area contributed by atoms with Gasteiger partial charge in [0.2, 0.25) is 0 Å². The number of nitrogens with one attached hydrogen (secondary N) is 1. The maximum Gasteiger partial charge on any atom is 0.269 e. The van der Waals surface area contributed by atoms with Crippen LogP contribution in [0.15, 0.2) is 24.3 Å². The van der Waals surface area contributed by atoms with Gasteiger partial charge in [-0.3, -0.25) is 10.1 Å². The zero-order chi connectivity index (χ0) is 13.7. The molecule has 1 aliphatic heterocycles. The second-order valence-electron chi connectivity index (χ2n) is 4.95. The Morgan fingerprint density at radius 1 is 1.42 bits per heavy atom. The van der Waals surface area contributed by atoms with E-state index in [9.17, 15) is 10.1 Å². The average molecular weight is 280 g/mol. The summed E-state index contributed by atoms with van der Waals surface area (Å²) in [5.41, 5.74) is 1.31. The number of nitro groups is 1. The Hall–Kier alpha value is -1.07. The Labute approximate surface area is 118 Å². The van der Waals surface area contributed by atoms with E-state index >= 15 is 0 Å². The van der Waals surface area contributed by atoms with Gasteiger partial charge >= 0.3 is 0 Å². The Bertz CT molecular complexity index is 422. The minimum atomic E-state index is -0.358. The number of non-ortho nitro benzene ring substituents is 1. The van der Waals surface area contributed by atoms with Gasteiger partial charge in [-0.2, -0.15) is 11.8 Å². The standard InChI is InChI=1S/C14H20N2O2S/c1-11-14(3-2-10-19-11)15-9-8-12-4-6-13(7-5-12)16(17)18/h4-7,11,14-15H,2-3,8-10H2,1H3. The highest BCUT2D eigenvalue weighted by atomic mass is 32.2. The van der Waals surface area contributed by atoms with Crippen molar-refractivity contribution in [3.8, 4) is 0 Å². The molecule has 1 saturated heterocycles. The highest BCUT2D eigenvalue weighted by molar-refractivity contribution is 7.99. The van der Waals surface area contributed by atoms with Gasteiger partial charge in [0.25, 0.3) is 5.69 Å². The van der Waals surface area contributed by atoms with Crippen molar-refractivity contribution in [2.75, 3.05) is 12.3 Å². The van der Waals surface area contributed by atoms with Gasteiger partial charge in [0.15, 0.2) is 0 Å². The molecule has 2 atom stereocenters. The van der Waals surface area contributed by atoms with E-state index in [1.54, 1.807) is 12.1 Å². The molecule has 1 aliphatic rings. The van der Waals surface area contributed by atoms with Gasteiger partial charge in [0, 0.05) is 23.4 Å². The third-order valence-electron chi connectivity index (χ3n) is 3.57. The van der Waals surface area contributed by atoms with E-state index in [4.69, 9.17) is 0 Å². The van der Waals surface area contributed by atoms with Crippen molar-refractivity contribution in [2.45, 2.75) is 37.5 Å². The number of rotatable bonds is 5. The van der Waals surface area contributed by atoms with Gasteiger partial charge < -0.3 is 5.32 Å². The quantitative estimate of drug-likeness (QED) is 0.665. The molecule has 5 heteroatoms. The third-order valence-corrected chi connectivity index (χ3v) is 4.95. The molecule has 1 aromatic carbocycles. The van der Waals surface area contributed by atoms with Crippen molar-refractivity contribution < 1.29 is 4.92 Å². The number of benzene rings is 1. The zero-order valence-corrected chi connectivity index (χ0v) is 12.0. The summed E-state index contributed by atoms with van der Waals surface area (Å²) in [6, 6.07) is 7.46. The first-order valence-electron chi connectivity index (χ1n) is 6.75. The summed E-state index contributed by atoms with van der Waals surface area (Å²) in [6.45, 7) is 3.22. The van der Waals surface area contributed by atoms with Crippen LogP contribution in [0.1, 0.15) is 25.3 Å². The van der Waals surface area contributed by atoms with Crippen LogP contribution in [0.3, 0.4) is 0 Å². The van der Waals surface area contributed by atoms with Gasteiger partial charge in [-0.05, 0) is 37.1 Å². The molecule has 0 bridgehead atoms. The molecule has 1 aromatic rings. The van der Waals surface area contributed by atoms with Crippen molar-refractivity contribution in [3.63, 3.8) is 0 Å². The SMILES string of the molecule is CC1SCCCC1NCCc1ccc([N+](=O)[O-])cc1. The lowest BCUT2D eigenvalue weighted by Gasteiger charge is -2.29. The minimum absolute atomic E-state index is 0.161. The van der Waals surface area contributed by atoms with Gasteiger partial charge in [-0.1, -0.05) is 19.1 Å². The summed E-state index contributed by atoms with van der Waals surface area (Å²) in [4.78, 5) is 10.2. The van der Waals surface area contributed by atoms with Gasteiger partial charge in [-0.25, -0.2) is 0 Å². The molecule has 0 spiro atoms. The topological polar surface area (TPSA) is 55.2 Å². The van der Waals surface area contributed by atoms with E-state index in [0.717, 1.165) is 18.5 Å². The normalized spacial score (nSPS) is 23.2. The first kappa shape index (κ1) is 14.3. The van der Waals surface area contributed by atoms with Crippen LogP contribution in [-0.2, 0) is 6.42 Å². The van der Waals surface area contributed by atoms with Crippen LogP contribution in [0.2, 0.25) is 0 Å². The largest absolute Gasteiger partial charge is 0.313 e. The average Bonchev–Trinajstić information content (AvgIpc) is 2.41. The number of nitro benzene ring substituents is 1. The first-order chi connectivity index (χ1) is 9.16. The Morgan fingerprint density at radius 3 is 2.79 bits per heavy atom. The number of thioether (sulfide) groups is 1. The number of hydrogen-bond acceptors (Lipinski definition) is 4. The number of nitrogens with zero attached hydrogens (tertiary/aromatic N) is 1. The lowest BCUT2D eigenvalue weighted by molar-refractivity contribution is -0.384. The highest BCUT2D eigenvalue weighted by Crippen LogP contribution is 2.24. The van der Waals surface area contributed by atoms with E-state index in [1.165, 1.54) is 18.6 Å². The van der Waals surface area contributed by atoms with Crippen LogP contribution in [-0.4, -0.2) is 28.5 Å². The summed E-state index contributed by atoms with van der Waals surface area (Å²) in [5, 5.41) is 14.8. The van der Waals surface area contributed by atoms with Crippen LogP contribution >= 0.6 is 11.8 Å². The molecule has 2 unspecified atom stereocenters. The fourth-order valence-corrected chi connectivity index (χ4v) is 3.55. The molecule has 1 heterocycles. The van der Waals surface area contributed by atoms with E-state index in [2.05, 4.69) is 12.2 Å². The van der Waals surface area contributed by atoms with Crippen LogP contribution in [0.5, 0.6) is 0 Å². The van der Waals surface area contributed by atoms with Crippen LogP contribution < -0.4 is 5.32 Å². The molecular weight excluding hydrogens is 260 g/mol. The highest BCUT2D eigenvalue weighted by Gasteiger charge is 2.20. The second kappa shape index (κ2) is 6.91. The fourth-order valence-electron chi connectivity index (χ4n) is 2.38. The summed E-state index contributed by atoms with van der Waals surface area (Å²) < 4.78 is 0. The van der Waals surface area contributed by atoms with E-state index in [-0.39, 0.29) is 10.6 Å². The first-order valence-corrected chi connectivity index (χ1v) is 7.80. The minimum Gasteiger partial charge on any atom is -0.313 e. The van der Waals surface area contributed by atoms with Gasteiger partial charge in [0.1, 0.15) is 0 Å². The second-order valence-corrected chi connectivity index (χ2v) is 6.44. The summed E-state index contributed by atoms with van der Waals surface area (Å²) in [6.07, 6.45) is 3.48.